The van der Waals surface area contributed by atoms with Crippen LogP contribution in [0, 0.1) is 5.92 Å². The molecule has 6 nitrogen and oxygen atoms in total. The van der Waals surface area contributed by atoms with Crippen LogP contribution in [0.1, 0.15) is 24.5 Å². The van der Waals surface area contributed by atoms with Crippen molar-refractivity contribution in [3.05, 3.63) is 60.4 Å². The lowest BCUT2D eigenvalue weighted by Gasteiger charge is -2.33. The number of hydrogen-bond acceptors (Lipinski definition) is 6. The summed E-state index contributed by atoms with van der Waals surface area (Å²) >= 11 is 0. The maximum absolute atomic E-state index is 10.4. The average molecular weight is 363 g/mol. The van der Waals surface area contributed by atoms with E-state index in [0.717, 1.165) is 49.4 Å². The minimum absolute atomic E-state index is 0.413. The SMILES string of the molecule is OC(CN1CCC(CNc2ccc3nccnc3n2)CC1)c1ccccc1. The number of rotatable bonds is 6. The van der Waals surface area contributed by atoms with Gasteiger partial charge in [0.15, 0.2) is 5.65 Å². The van der Waals surface area contributed by atoms with Gasteiger partial charge in [0.05, 0.1) is 6.10 Å². The average Bonchev–Trinajstić information content (AvgIpc) is 2.74. The second-order valence-corrected chi connectivity index (χ2v) is 7.15. The van der Waals surface area contributed by atoms with Crippen molar-refractivity contribution < 1.29 is 5.11 Å². The van der Waals surface area contributed by atoms with Crippen molar-refractivity contribution in [1.29, 1.82) is 0 Å². The number of benzene rings is 1. The van der Waals surface area contributed by atoms with E-state index in [4.69, 9.17) is 0 Å². The molecule has 2 aromatic heterocycles. The molecule has 2 N–H and O–H groups in total. The molecule has 0 spiro atoms. The van der Waals surface area contributed by atoms with Crippen molar-refractivity contribution >= 4 is 17.0 Å². The molecular weight excluding hydrogens is 338 g/mol. The Bertz CT molecular complexity index is 865. The summed E-state index contributed by atoms with van der Waals surface area (Å²) in [4.78, 5) is 15.4. The molecule has 4 rings (SSSR count). The first kappa shape index (κ1) is 17.8. The molecule has 0 aliphatic carbocycles. The van der Waals surface area contributed by atoms with E-state index in [1.165, 1.54) is 0 Å². The molecule has 0 amide bonds. The molecule has 0 bridgehead atoms. The molecule has 0 radical (unpaired) electrons. The fourth-order valence-corrected chi connectivity index (χ4v) is 3.60. The van der Waals surface area contributed by atoms with E-state index in [1.807, 2.05) is 42.5 Å². The van der Waals surface area contributed by atoms with Gasteiger partial charge in [0.1, 0.15) is 11.3 Å². The number of nitrogens with one attached hydrogen (secondary N) is 1. The summed E-state index contributed by atoms with van der Waals surface area (Å²) in [6, 6.07) is 13.8. The molecular formula is C21H25N5O. The van der Waals surface area contributed by atoms with Crippen LogP contribution in [0.15, 0.2) is 54.9 Å². The second-order valence-electron chi connectivity index (χ2n) is 7.15. The molecule has 1 atom stereocenters. The first-order valence-corrected chi connectivity index (χ1v) is 9.55. The monoisotopic (exact) mass is 363 g/mol. The standard InChI is InChI=1S/C21H25N5O/c27-19(17-4-2-1-3-5-17)15-26-12-8-16(9-13-26)14-24-20-7-6-18-21(25-20)23-11-10-22-18/h1-7,10-11,16,19,27H,8-9,12-15H2,(H,23,24,25). The van der Waals surface area contributed by atoms with Gasteiger partial charge in [-0.2, -0.15) is 0 Å². The molecule has 1 aliphatic heterocycles. The van der Waals surface area contributed by atoms with Gasteiger partial charge >= 0.3 is 0 Å². The van der Waals surface area contributed by atoms with Crippen molar-refractivity contribution in [2.45, 2.75) is 18.9 Å². The van der Waals surface area contributed by atoms with E-state index in [-0.39, 0.29) is 0 Å². The molecule has 1 aromatic carbocycles. The molecule has 6 heteroatoms. The topological polar surface area (TPSA) is 74.2 Å². The predicted octanol–water partition coefficient (Wildman–Crippen LogP) is 2.88. The summed E-state index contributed by atoms with van der Waals surface area (Å²) in [5.41, 5.74) is 2.48. The first-order chi connectivity index (χ1) is 13.3. The third-order valence-corrected chi connectivity index (χ3v) is 5.23. The fourth-order valence-electron chi connectivity index (χ4n) is 3.60. The van der Waals surface area contributed by atoms with Crippen molar-refractivity contribution in [3.63, 3.8) is 0 Å². The molecule has 3 heterocycles. The minimum atomic E-state index is -0.413. The molecule has 1 unspecified atom stereocenters. The molecule has 140 valence electrons. The smallest absolute Gasteiger partial charge is 0.180 e. The molecule has 27 heavy (non-hydrogen) atoms. The zero-order valence-corrected chi connectivity index (χ0v) is 15.3. The highest BCUT2D eigenvalue weighted by Gasteiger charge is 2.21. The number of aromatic nitrogens is 3. The van der Waals surface area contributed by atoms with Gasteiger partial charge in [0, 0.05) is 25.5 Å². The Morgan fingerprint density at radius 3 is 2.63 bits per heavy atom. The van der Waals surface area contributed by atoms with Gasteiger partial charge in [0.2, 0.25) is 0 Å². The number of likely N-dealkylation sites (tertiary alicyclic amines) is 1. The van der Waals surface area contributed by atoms with Gasteiger partial charge in [-0.3, -0.25) is 4.98 Å². The highest BCUT2D eigenvalue weighted by atomic mass is 16.3. The fraction of sp³-hybridized carbons (Fsp3) is 0.381. The number of pyridine rings is 1. The number of β-amino-alcohol motifs (C(OH)–C–C–N with tert-alkyl or cyclic N) is 1. The number of anilines is 1. The summed E-state index contributed by atoms with van der Waals surface area (Å²) in [5, 5.41) is 13.8. The van der Waals surface area contributed by atoms with Crippen LogP contribution in [-0.4, -0.2) is 51.1 Å². The maximum atomic E-state index is 10.4. The third kappa shape index (κ3) is 4.59. The van der Waals surface area contributed by atoms with Crippen molar-refractivity contribution in [2.24, 2.45) is 5.92 Å². The lowest BCUT2D eigenvalue weighted by Crippen LogP contribution is -2.38. The largest absolute Gasteiger partial charge is 0.387 e. The number of piperidine rings is 1. The summed E-state index contributed by atoms with van der Waals surface area (Å²) < 4.78 is 0. The molecule has 0 saturated carbocycles. The van der Waals surface area contributed by atoms with E-state index in [9.17, 15) is 5.11 Å². The Labute approximate surface area is 159 Å². The van der Waals surface area contributed by atoms with Gasteiger partial charge < -0.3 is 15.3 Å². The van der Waals surface area contributed by atoms with Crippen LogP contribution in [0.4, 0.5) is 5.82 Å². The highest BCUT2D eigenvalue weighted by Crippen LogP contribution is 2.21. The Kier molecular flexibility index (Phi) is 5.55. The van der Waals surface area contributed by atoms with Gasteiger partial charge in [-0.15, -0.1) is 0 Å². The van der Waals surface area contributed by atoms with Crippen LogP contribution < -0.4 is 5.32 Å². The van der Waals surface area contributed by atoms with Gasteiger partial charge in [-0.05, 0) is 49.5 Å². The number of hydrogen-bond donors (Lipinski definition) is 2. The zero-order valence-electron chi connectivity index (χ0n) is 15.3. The first-order valence-electron chi connectivity index (χ1n) is 9.55. The quantitative estimate of drug-likeness (QED) is 0.701. The Morgan fingerprint density at radius 2 is 1.81 bits per heavy atom. The van der Waals surface area contributed by atoms with Gasteiger partial charge in [0.25, 0.3) is 0 Å². The summed E-state index contributed by atoms with van der Waals surface area (Å²) in [6.07, 6.45) is 5.19. The number of nitrogens with zero attached hydrogens (tertiary/aromatic N) is 4. The minimum Gasteiger partial charge on any atom is -0.387 e. The van der Waals surface area contributed by atoms with Gasteiger partial charge in [-0.1, -0.05) is 30.3 Å². The van der Waals surface area contributed by atoms with Crippen LogP contribution in [0.3, 0.4) is 0 Å². The van der Waals surface area contributed by atoms with Gasteiger partial charge in [-0.25, -0.2) is 9.97 Å². The zero-order chi connectivity index (χ0) is 18.5. The molecule has 3 aromatic rings. The summed E-state index contributed by atoms with van der Waals surface area (Å²) in [7, 11) is 0. The van der Waals surface area contributed by atoms with Crippen molar-refractivity contribution in [2.75, 3.05) is 31.5 Å². The maximum Gasteiger partial charge on any atom is 0.180 e. The van der Waals surface area contributed by atoms with Crippen LogP contribution in [0.5, 0.6) is 0 Å². The number of aliphatic hydroxyl groups is 1. The third-order valence-electron chi connectivity index (χ3n) is 5.23. The Morgan fingerprint density at radius 1 is 1.04 bits per heavy atom. The van der Waals surface area contributed by atoms with Crippen LogP contribution in [0.2, 0.25) is 0 Å². The molecule has 1 fully saturated rings. The van der Waals surface area contributed by atoms with E-state index in [1.54, 1.807) is 12.4 Å². The Balaban J connectivity index is 1.24. The number of aliphatic hydroxyl groups excluding tert-OH is 1. The molecule has 1 saturated heterocycles. The summed E-state index contributed by atoms with van der Waals surface area (Å²) in [6.45, 7) is 3.66. The molecule has 1 aliphatic rings. The van der Waals surface area contributed by atoms with Crippen LogP contribution in [0.25, 0.3) is 11.2 Å². The highest BCUT2D eigenvalue weighted by molar-refractivity contribution is 5.71. The van der Waals surface area contributed by atoms with Crippen LogP contribution in [-0.2, 0) is 0 Å². The van der Waals surface area contributed by atoms with E-state index in [0.29, 0.717) is 18.1 Å². The summed E-state index contributed by atoms with van der Waals surface area (Å²) in [5.74, 6) is 1.47. The second kappa shape index (κ2) is 8.41. The van der Waals surface area contributed by atoms with Crippen molar-refractivity contribution in [1.82, 2.24) is 19.9 Å². The van der Waals surface area contributed by atoms with E-state index in [2.05, 4.69) is 25.2 Å². The lowest BCUT2D eigenvalue weighted by molar-refractivity contribution is 0.0909. The number of fused-ring (bicyclic) bond motifs is 1. The van der Waals surface area contributed by atoms with E-state index >= 15 is 0 Å². The van der Waals surface area contributed by atoms with Crippen LogP contribution >= 0.6 is 0 Å². The van der Waals surface area contributed by atoms with E-state index < -0.39 is 6.10 Å². The predicted molar refractivity (Wildman–Crippen MR) is 106 cm³/mol. The van der Waals surface area contributed by atoms with Crippen molar-refractivity contribution in [3.8, 4) is 0 Å². The Hall–Kier alpha value is -2.57. The normalized spacial score (nSPS) is 17.1. The lowest BCUT2D eigenvalue weighted by atomic mass is 9.96.